The number of rotatable bonds is 3. The summed E-state index contributed by atoms with van der Waals surface area (Å²) in [4.78, 5) is 7.06. The number of thiazole rings is 1. The van der Waals surface area contributed by atoms with E-state index in [9.17, 15) is 0 Å². The molecule has 0 spiro atoms. The fourth-order valence-corrected chi connectivity index (χ4v) is 3.94. The van der Waals surface area contributed by atoms with Crippen molar-refractivity contribution in [3.05, 3.63) is 50.9 Å². The summed E-state index contributed by atoms with van der Waals surface area (Å²) in [5, 5.41) is 6.86. The Bertz CT molecular complexity index is 543. The van der Waals surface area contributed by atoms with Gasteiger partial charge in [0, 0.05) is 31.6 Å². The highest BCUT2D eigenvalue weighted by Gasteiger charge is 2.20. The number of hydrogen-bond donors (Lipinski definition) is 1. The van der Waals surface area contributed by atoms with Gasteiger partial charge in [0.15, 0.2) is 0 Å². The third-order valence-corrected chi connectivity index (χ3v) is 5.26. The van der Waals surface area contributed by atoms with Crippen LogP contribution in [0.3, 0.4) is 0 Å². The average molecular weight is 352 g/mol. The maximum atomic E-state index is 4.54. The molecule has 0 aliphatic carbocycles. The van der Waals surface area contributed by atoms with E-state index in [4.69, 9.17) is 0 Å². The van der Waals surface area contributed by atoms with Gasteiger partial charge < -0.3 is 5.32 Å². The molecule has 1 aliphatic heterocycles. The number of halogens is 1. The van der Waals surface area contributed by atoms with Gasteiger partial charge in [-0.3, -0.25) is 4.90 Å². The van der Waals surface area contributed by atoms with Crippen molar-refractivity contribution in [1.82, 2.24) is 15.2 Å². The SMILES string of the molecule is Brc1csc(C2CCN(Cc3ccccc3)CCN2)n1. The molecule has 1 saturated heterocycles. The van der Waals surface area contributed by atoms with Crippen LogP contribution < -0.4 is 5.32 Å². The zero-order chi connectivity index (χ0) is 13.8. The Kier molecular flexibility index (Phi) is 4.83. The Morgan fingerprint density at radius 3 is 2.90 bits per heavy atom. The molecule has 1 atom stereocenters. The number of benzene rings is 1. The van der Waals surface area contributed by atoms with Crippen molar-refractivity contribution in [3.8, 4) is 0 Å². The van der Waals surface area contributed by atoms with Gasteiger partial charge in [-0.15, -0.1) is 11.3 Å². The summed E-state index contributed by atoms with van der Waals surface area (Å²) in [5.41, 5.74) is 1.39. The molecule has 0 amide bonds. The van der Waals surface area contributed by atoms with Crippen molar-refractivity contribution >= 4 is 27.3 Å². The molecular weight excluding hydrogens is 334 g/mol. The maximum Gasteiger partial charge on any atom is 0.117 e. The van der Waals surface area contributed by atoms with E-state index in [0.717, 1.165) is 37.2 Å². The second kappa shape index (κ2) is 6.80. The van der Waals surface area contributed by atoms with Gasteiger partial charge in [0.05, 0.1) is 6.04 Å². The number of nitrogens with one attached hydrogen (secondary N) is 1. The van der Waals surface area contributed by atoms with Gasteiger partial charge in [-0.2, -0.15) is 0 Å². The average Bonchev–Trinajstić information content (AvgIpc) is 2.76. The van der Waals surface area contributed by atoms with E-state index in [1.165, 1.54) is 10.6 Å². The highest BCUT2D eigenvalue weighted by atomic mass is 79.9. The molecule has 3 nitrogen and oxygen atoms in total. The molecule has 1 aromatic carbocycles. The summed E-state index contributed by atoms with van der Waals surface area (Å²) in [6, 6.07) is 11.1. The predicted molar refractivity (Wildman–Crippen MR) is 86.9 cm³/mol. The van der Waals surface area contributed by atoms with Crippen molar-refractivity contribution in [2.24, 2.45) is 0 Å². The number of nitrogens with zero attached hydrogens (tertiary/aromatic N) is 2. The highest BCUT2D eigenvalue weighted by Crippen LogP contribution is 2.25. The summed E-state index contributed by atoms with van der Waals surface area (Å²) in [7, 11) is 0. The fourth-order valence-electron chi connectivity index (χ4n) is 2.56. The molecule has 20 heavy (non-hydrogen) atoms. The summed E-state index contributed by atoms with van der Waals surface area (Å²) >= 11 is 5.17. The van der Waals surface area contributed by atoms with Crippen molar-refractivity contribution < 1.29 is 0 Å². The van der Waals surface area contributed by atoms with Crippen LogP contribution in [-0.2, 0) is 6.54 Å². The summed E-state index contributed by atoms with van der Waals surface area (Å²) in [6.07, 6.45) is 1.12. The van der Waals surface area contributed by atoms with Crippen LogP contribution >= 0.6 is 27.3 Å². The first-order valence-corrected chi connectivity index (χ1v) is 8.59. The van der Waals surface area contributed by atoms with Gasteiger partial charge in [-0.25, -0.2) is 4.98 Å². The number of aromatic nitrogens is 1. The maximum absolute atomic E-state index is 4.54. The molecule has 0 saturated carbocycles. The summed E-state index contributed by atoms with van der Waals surface area (Å²) in [5.74, 6) is 0. The van der Waals surface area contributed by atoms with Crippen molar-refractivity contribution in [2.45, 2.75) is 19.0 Å². The molecule has 1 aliphatic rings. The Hall–Kier alpha value is -0.750. The molecule has 3 rings (SSSR count). The van der Waals surface area contributed by atoms with E-state index in [1.807, 2.05) is 0 Å². The number of hydrogen-bond acceptors (Lipinski definition) is 4. The first-order valence-electron chi connectivity index (χ1n) is 6.92. The van der Waals surface area contributed by atoms with E-state index in [0.29, 0.717) is 6.04 Å². The first-order chi connectivity index (χ1) is 9.81. The zero-order valence-corrected chi connectivity index (χ0v) is 13.7. The molecule has 1 fully saturated rings. The molecule has 1 aromatic heterocycles. The zero-order valence-electron chi connectivity index (χ0n) is 11.3. The van der Waals surface area contributed by atoms with E-state index < -0.39 is 0 Å². The monoisotopic (exact) mass is 351 g/mol. The van der Waals surface area contributed by atoms with Crippen LogP contribution in [0, 0.1) is 0 Å². The lowest BCUT2D eigenvalue weighted by Crippen LogP contribution is -2.27. The van der Waals surface area contributed by atoms with Gasteiger partial charge in [0.2, 0.25) is 0 Å². The van der Waals surface area contributed by atoms with Crippen LogP contribution in [0.1, 0.15) is 23.0 Å². The van der Waals surface area contributed by atoms with E-state index in [-0.39, 0.29) is 0 Å². The third-order valence-electron chi connectivity index (χ3n) is 3.59. The van der Waals surface area contributed by atoms with Gasteiger partial charge in [-0.05, 0) is 27.9 Å². The van der Waals surface area contributed by atoms with Gasteiger partial charge in [0.1, 0.15) is 9.61 Å². The van der Waals surface area contributed by atoms with Crippen LogP contribution in [0.2, 0.25) is 0 Å². The molecule has 106 valence electrons. The Morgan fingerprint density at radius 2 is 2.15 bits per heavy atom. The largest absolute Gasteiger partial charge is 0.307 e. The Balaban J connectivity index is 1.59. The van der Waals surface area contributed by atoms with Gasteiger partial charge >= 0.3 is 0 Å². The van der Waals surface area contributed by atoms with E-state index in [1.54, 1.807) is 11.3 Å². The van der Waals surface area contributed by atoms with Crippen molar-refractivity contribution in [1.29, 1.82) is 0 Å². The van der Waals surface area contributed by atoms with Crippen LogP contribution in [-0.4, -0.2) is 29.5 Å². The first kappa shape index (κ1) is 14.2. The topological polar surface area (TPSA) is 28.2 Å². The molecule has 5 heteroatoms. The second-order valence-electron chi connectivity index (χ2n) is 5.07. The molecule has 1 N–H and O–H groups in total. The quantitative estimate of drug-likeness (QED) is 0.917. The third kappa shape index (κ3) is 3.67. The molecule has 0 bridgehead atoms. The minimum atomic E-state index is 0.395. The summed E-state index contributed by atoms with van der Waals surface area (Å²) in [6.45, 7) is 4.27. The van der Waals surface area contributed by atoms with E-state index >= 15 is 0 Å². The normalized spacial score (nSPS) is 20.8. The van der Waals surface area contributed by atoms with E-state index in [2.05, 4.69) is 66.8 Å². The smallest absolute Gasteiger partial charge is 0.117 e. The Morgan fingerprint density at radius 1 is 1.30 bits per heavy atom. The van der Waals surface area contributed by atoms with Gasteiger partial charge in [-0.1, -0.05) is 30.3 Å². The van der Waals surface area contributed by atoms with Crippen LogP contribution in [0.15, 0.2) is 40.3 Å². The highest BCUT2D eigenvalue weighted by molar-refractivity contribution is 9.10. The lowest BCUT2D eigenvalue weighted by atomic mass is 10.2. The lowest BCUT2D eigenvalue weighted by Gasteiger charge is -2.19. The molecule has 0 radical (unpaired) electrons. The molecular formula is C15H18BrN3S. The standard InChI is InChI=1S/C15H18BrN3S/c16-14-11-20-15(18-14)13-6-8-19(9-7-17-13)10-12-4-2-1-3-5-12/h1-5,11,13,17H,6-10H2. The molecule has 2 heterocycles. The van der Waals surface area contributed by atoms with Gasteiger partial charge in [0.25, 0.3) is 0 Å². The van der Waals surface area contributed by atoms with Crippen LogP contribution in [0.5, 0.6) is 0 Å². The Labute approximate surface area is 132 Å². The van der Waals surface area contributed by atoms with Crippen LogP contribution in [0.25, 0.3) is 0 Å². The lowest BCUT2D eigenvalue weighted by molar-refractivity contribution is 0.282. The van der Waals surface area contributed by atoms with Crippen molar-refractivity contribution in [2.75, 3.05) is 19.6 Å². The molecule has 2 aromatic rings. The van der Waals surface area contributed by atoms with Crippen LogP contribution in [0.4, 0.5) is 0 Å². The van der Waals surface area contributed by atoms with Crippen molar-refractivity contribution in [3.63, 3.8) is 0 Å². The second-order valence-corrected chi connectivity index (χ2v) is 6.77. The summed E-state index contributed by atoms with van der Waals surface area (Å²) < 4.78 is 0.949. The molecule has 1 unspecified atom stereocenters. The minimum Gasteiger partial charge on any atom is -0.307 e. The fraction of sp³-hybridized carbons (Fsp3) is 0.400. The minimum absolute atomic E-state index is 0.395. The predicted octanol–water partition coefficient (Wildman–Crippen LogP) is 3.44.